The van der Waals surface area contributed by atoms with Crippen LogP contribution in [0.5, 0.6) is 0 Å². The topological polar surface area (TPSA) is 49.3 Å². The van der Waals surface area contributed by atoms with Gasteiger partial charge in [0, 0.05) is 13.1 Å². The van der Waals surface area contributed by atoms with E-state index in [4.69, 9.17) is 0 Å². The van der Waals surface area contributed by atoms with Gasteiger partial charge in [-0.05, 0) is 43.5 Å². The van der Waals surface area contributed by atoms with E-state index in [1.54, 1.807) is 17.2 Å². The van der Waals surface area contributed by atoms with Gasteiger partial charge in [-0.1, -0.05) is 6.07 Å². The van der Waals surface area contributed by atoms with Crippen molar-refractivity contribution >= 4 is 23.1 Å². The minimum Gasteiger partial charge on any atom is -0.319 e. The van der Waals surface area contributed by atoms with E-state index in [0.29, 0.717) is 17.4 Å². The minimum atomic E-state index is -0.0325. The number of rotatable bonds is 1. The van der Waals surface area contributed by atoms with Gasteiger partial charge in [0.1, 0.15) is 0 Å². The molecule has 0 radical (unpaired) electrons. The van der Waals surface area contributed by atoms with Gasteiger partial charge in [0.05, 0.1) is 23.1 Å². The molecule has 2 aromatic rings. The molecule has 0 unspecified atom stereocenters. The summed E-state index contributed by atoms with van der Waals surface area (Å²) in [5, 5.41) is 8.24. The van der Waals surface area contributed by atoms with Crippen molar-refractivity contribution < 1.29 is 4.79 Å². The van der Waals surface area contributed by atoms with Crippen LogP contribution in [-0.2, 0) is 0 Å². The van der Waals surface area contributed by atoms with Gasteiger partial charge in [0.25, 0.3) is 5.91 Å². The molecule has 1 aliphatic carbocycles. The molecule has 5 nitrogen and oxygen atoms in total. The maximum atomic E-state index is 12.7. The van der Waals surface area contributed by atoms with Gasteiger partial charge in [-0.15, -0.1) is 5.10 Å². The highest BCUT2D eigenvalue weighted by Crippen LogP contribution is 2.45. The summed E-state index contributed by atoms with van der Waals surface area (Å²) in [6, 6.07) is 8.39. The van der Waals surface area contributed by atoms with Gasteiger partial charge in [-0.2, -0.15) is 5.10 Å². The Morgan fingerprint density at radius 1 is 1.19 bits per heavy atom. The van der Waals surface area contributed by atoms with Gasteiger partial charge in [0.15, 0.2) is 5.82 Å². The Morgan fingerprint density at radius 2 is 2.00 bits per heavy atom. The van der Waals surface area contributed by atoms with Gasteiger partial charge in [-0.3, -0.25) is 4.79 Å². The Labute approximate surface area is 123 Å². The molecule has 0 spiro atoms. The molecule has 1 amide bonds. The number of aryl methyl sites for hydroxylation is 1. The third-order valence-corrected chi connectivity index (χ3v) is 4.13. The maximum Gasteiger partial charge on any atom is 0.261 e. The average molecular weight is 280 g/mol. The highest BCUT2D eigenvalue weighted by molar-refractivity contribution is 6.13. The zero-order chi connectivity index (χ0) is 14.6. The van der Waals surface area contributed by atoms with Crippen molar-refractivity contribution in [1.82, 2.24) is 10.2 Å². The van der Waals surface area contributed by atoms with Crippen LogP contribution in [0.4, 0.5) is 17.2 Å². The standard InChI is InChI=1S/C16H16N4O/c1-10-3-6-13-14(9-10)19(2)16(21)12-7-8-17-18-15(12)20(13)11-4-5-11/h3,6-9,11H,4-5H2,1-2H3. The minimum absolute atomic E-state index is 0.0325. The fourth-order valence-corrected chi connectivity index (χ4v) is 2.88. The SMILES string of the molecule is Cc1ccc2c(c1)N(C)C(=O)c1ccnnc1N2C1CC1. The Balaban J connectivity index is 2.02. The summed E-state index contributed by atoms with van der Waals surface area (Å²) in [5.41, 5.74) is 3.73. The molecule has 1 saturated carbocycles. The molecule has 1 aromatic heterocycles. The van der Waals surface area contributed by atoms with E-state index in [9.17, 15) is 4.79 Å². The lowest BCUT2D eigenvalue weighted by molar-refractivity contribution is 0.0994. The summed E-state index contributed by atoms with van der Waals surface area (Å²) >= 11 is 0. The third kappa shape index (κ3) is 1.81. The van der Waals surface area contributed by atoms with E-state index in [1.165, 1.54) is 0 Å². The molecule has 0 saturated heterocycles. The molecule has 4 rings (SSSR count). The van der Waals surface area contributed by atoms with E-state index >= 15 is 0 Å². The third-order valence-electron chi connectivity index (χ3n) is 4.13. The fraction of sp³-hybridized carbons (Fsp3) is 0.312. The summed E-state index contributed by atoms with van der Waals surface area (Å²) in [4.78, 5) is 16.6. The van der Waals surface area contributed by atoms with Crippen molar-refractivity contribution in [2.75, 3.05) is 16.8 Å². The summed E-state index contributed by atoms with van der Waals surface area (Å²) in [5.74, 6) is 0.648. The first-order valence-corrected chi connectivity index (χ1v) is 7.16. The average Bonchev–Trinajstić information content (AvgIpc) is 3.32. The molecular formula is C16H16N4O. The van der Waals surface area contributed by atoms with Crippen molar-refractivity contribution in [2.45, 2.75) is 25.8 Å². The van der Waals surface area contributed by atoms with E-state index < -0.39 is 0 Å². The van der Waals surface area contributed by atoms with Crippen LogP contribution < -0.4 is 9.80 Å². The molecule has 2 heterocycles. The van der Waals surface area contributed by atoms with Crippen LogP contribution in [0.1, 0.15) is 28.8 Å². The van der Waals surface area contributed by atoms with Crippen LogP contribution in [0.15, 0.2) is 30.5 Å². The Hall–Kier alpha value is -2.43. The first-order chi connectivity index (χ1) is 10.2. The number of aromatic nitrogens is 2. The predicted molar refractivity (Wildman–Crippen MR) is 81.1 cm³/mol. The number of hydrogen-bond donors (Lipinski definition) is 0. The second-order valence-electron chi connectivity index (χ2n) is 5.73. The lowest BCUT2D eigenvalue weighted by atomic mass is 10.1. The molecule has 1 aromatic carbocycles. The summed E-state index contributed by atoms with van der Waals surface area (Å²) in [6.07, 6.45) is 3.83. The molecule has 1 fully saturated rings. The lowest BCUT2D eigenvalue weighted by Gasteiger charge is -2.25. The van der Waals surface area contributed by atoms with Gasteiger partial charge in [0.2, 0.25) is 0 Å². The monoisotopic (exact) mass is 280 g/mol. The second-order valence-corrected chi connectivity index (χ2v) is 5.73. The van der Waals surface area contributed by atoms with Crippen LogP contribution in [0.2, 0.25) is 0 Å². The second kappa shape index (κ2) is 4.28. The van der Waals surface area contributed by atoms with Crippen LogP contribution in [0.25, 0.3) is 0 Å². The fourth-order valence-electron chi connectivity index (χ4n) is 2.88. The maximum absolute atomic E-state index is 12.7. The Bertz CT molecular complexity index is 739. The zero-order valence-electron chi connectivity index (χ0n) is 12.1. The summed E-state index contributed by atoms with van der Waals surface area (Å²) in [7, 11) is 1.82. The Morgan fingerprint density at radius 3 is 2.76 bits per heavy atom. The van der Waals surface area contributed by atoms with Crippen molar-refractivity contribution in [1.29, 1.82) is 0 Å². The molecule has 2 aliphatic rings. The molecule has 1 aliphatic heterocycles. The number of amides is 1. The normalized spacial score (nSPS) is 17.3. The number of nitrogens with zero attached hydrogens (tertiary/aromatic N) is 4. The summed E-state index contributed by atoms with van der Waals surface area (Å²) < 4.78 is 0. The predicted octanol–water partition coefficient (Wildman–Crippen LogP) is 2.68. The van der Waals surface area contributed by atoms with Crippen LogP contribution in [0.3, 0.4) is 0 Å². The molecule has 5 heteroatoms. The van der Waals surface area contributed by atoms with E-state index in [1.807, 2.05) is 14.0 Å². The molecular weight excluding hydrogens is 264 g/mol. The van der Waals surface area contributed by atoms with E-state index in [0.717, 1.165) is 29.8 Å². The molecule has 0 N–H and O–H groups in total. The number of carbonyl (C=O) groups excluding carboxylic acids is 1. The number of hydrogen-bond acceptors (Lipinski definition) is 4. The zero-order valence-corrected chi connectivity index (χ0v) is 12.1. The lowest BCUT2D eigenvalue weighted by Crippen LogP contribution is -2.25. The van der Waals surface area contributed by atoms with Gasteiger partial charge in [-0.25, -0.2) is 0 Å². The van der Waals surface area contributed by atoms with E-state index in [2.05, 4.69) is 33.3 Å². The van der Waals surface area contributed by atoms with Crippen molar-refractivity contribution in [3.05, 3.63) is 41.6 Å². The molecule has 106 valence electrons. The quantitative estimate of drug-likeness (QED) is 0.806. The highest BCUT2D eigenvalue weighted by atomic mass is 16.2. The number of carbonyl (C=O) groups is 1. The van der Waals surface area contributed by atoms with Crippen LogP contribution in [-0.4, -0.2) is 29.2 Å². The number of benzene rings is 1. The van der Waals surface area contributed by atoms with Gasteiger partial charge < -0.3 is 9.80 Å². The first kappa shape index (κ1) is 12.3. The van der Waals surface area contributed by atoms with Gasteiger partial charge >= 0.3 is 0 Å². The van der Waals surface area contributed by atoms with Crippen LogP contribution >= 0.6 is 0 Å². The van der Waals surface area contributed by atoms with E-state index in [-0.39, 0.29) is 5.91 Å². The number of anilines is 3. The molecule has 0 bridgehead atoms. The Kier molecular flexibility index (Phi) is 2.51. The van der Waals surface area contributed by atoms with Crippen molar-refractivity contribution in [3.63, 3.8) is 0 Å². The van der Waals surface area contributed by atoms with Crippen molar-refractivity contribution in [3.8, 4) is 0 Å². The highest BCUT2D eigenvalue weighted by Gasteiger charge is 2.38. The largest absolute Gasteiger partial charge is 0.319 e. The first-order valence-electron chi connectivity index (χ1n) is 7.16. The molecule has 0 atom stereocenters. The summed E-state index contributed by atoms with van der Waals surface area (Å²) in [6.45, 7) is 2.04. The molecule has 21 heavy (non-hydrogen) atoms. The van der Waals surface area contributed by atoms with Crippen LogP contribution in [0, 0.1) is 6.92 Å². The van der Waals surface area contributed by atoms with Crippen molar-refractivity contribution in [2.24, 2.45) is 0 Å². The smallest absolute Gasteiger partial charge is 0.261 e. The number of fused-ring (bicyclic) bond motifs is 2.